The van der Waals surface area contributed by atoms with Gasteiger partial charge < -0.3 is 9.30 Å². The number of rotatable bonds is 5. The van der Waals surface area contributed by atoms with Crippen molar-refractivity contribution in [3.05, 3.63) is 52.9 Å². The number of hydrogen-bond acceptors (Lipinski definition) is 4. The Morgan fingerprint density at radius 2 is 2.14 bits per heavy atom. The third kappa shape index (κ3) is 3.04. The maximum absolute atomic E-state index is 5.28. The van der Waals surface area contributed by atoms with Crippen LogP contribution in [0.5, 0.6) is 5.75 Å². The van der Waals surface area contributed by atoms with Crippen LogP contribution in [0.2, 0.25) is 0 Å². The van der Waals surface area contributed by atoms with Crippen molar-refractivity contribution in [3.63, 3.8) is 0 Å². The van der Waals surface area contributed by atoms with Gasteiger partial charge in [-0.1, -0.05) is 12.1 Å². The average molecular weight is 313 g/mol. The van der Waals surface area contributed by atoms with E-state index in [-0.39, 0.29) is 0 Å². The fraction of sp³-hybridized carbons (Fsp3) is 0.294. The lowest BCUT2D eigenvalue weighted by Gasteiger charge is -2.08. The monoisotopic (exact) mass is 313 g/mol. The number of ether oxygens (including phenoxy) is 1. The molecule has 0 spiro atoms. The lowest BCUT2D eigenvalue weighted by atomic mass is 10.1. The predicted molar refractivity (Wildman–Crippen MR) is 89.5 cm³/mol. The van der Waals surface area contributed by atoms with Crippen LogP contribution in [0.4, 0.5) is 0 Å². The summed E-state index contributed by atoms with van der Waals surface area (Å²) in [7, 11) is 1.70. The van der Waals surface area contributed by atoms with Gasteiger partial charge in [0.15, 0.2) is 5.82 Å². The minimum Gasteiger partial charge on any atom is -0.497 e. The van der Waals surface area contributed by atoms with Crippen LogP contribution < -0.4 is 4.74 Å². The largest absolute Gasteiger partial charge is 0.497 e. The second kappa shape index (κ2) is 6.32. The standard InChI is InChI=1S/C17H19N3OS/c1-12-16(22-13(2)19-12)17-18-8-10-20(17)9-7-14-5-4-6-15(11-14)21-3/h4-6,8,10-11H,7,9H2,1-3H3. The van der Waals surface area contributed by atoms with Crippen molar-refractivity contribution >= 4 is 11.3 Å². The maximum Gasteiger partial charge on any atom is 0.151 e. The summed E-state index contributed by atoms with van der Waals surface area (Å²) in [6, 6.07) is 8.20. The van der Waals surface area contributed by atoms with Gasteiger partial charge in [-0.25, -0.2) is 9.97 Å². The van der Waals surface area contributed by atoms with Crippen LogP contribution in [0.3, 0.4) is 0 Å². The van der Waals surface area contributed by atoms with Gasteiger partial charge in [0, 0.05) is 18.9 Å². The predicted octanol–water partition coefficient (Wildman–Crippen LogP) is 3.87. The van der Waals surface area contributed by atoms with Crippen molar-refractivity contribution < 1.29 is 4.74 Å². The molecule has 0 saturated carbocycles. The Labute approximate surface area is 134 Å². The van der Waals surface area contributed by atoms with E-state index in [1.165, 1.54) is 5.56 Å². The summed E-state index contributed by atoms with van der Waals surface area (Å²) in [6.07, 6.45) is 4.83. The van der Waals surface area contributed by atoms with E-state index in [0.717, 1.165) is 40.1 Å². The van der Waals surface area contributed by atoms with E-state index in [2.05, 4.69) is 26.7 Å². The van der Waals surface area contributed by atoms with Crippen molar-refractivity contribution in [2.24, 2.45) is 0 Å². The molecule has 114 valence electrons. The summed E-state index contributed by atoms with van der Waals surface area (Å²) >= 11 is 1.70. The molecule has 0 bridgehead atoms. The zero-order valence-corrected chi connectivity index (χ0v) is 13.9. The highest BCUT2D eigenvalue weighted by Crippen LogP contribution is 2.28. The van der Waals surface area contributed by atoms with E-state index in [1.54, 1.807) is 18.4 Å². The number of aromatic nitrogens is 3. The van der Waals surface area contributed by atoms with Crippen LogP contribution in [0.1, 0.15) is 16.3 Å². The number of thiazole rings is 1. The number of nitrogens with zero attached hydrogens (tertiary/aromatic N) is 3. The number of methoxy groups -OCH3 is 1. The quantitative estimate of drug-likeness (QED) is 0.718. The molecule has 1 aromatic carbocycles. The van der Waals surface area contributed by atoms with Crippen LogP contribution in [0.15, 0.2) is 36.7 Å². The van der Waals surface area contributed by atoms with E-state index in [0.29, 0.717) is 0 Å². The summed E-state index contributed by atoms with van der Waals surface area (Å²) in [5.41, 5.74) is 2.31. The van der Waals surface area contributed by atoms with Crippen LogP contribution >= 0.6 is 11.3 Å². The van der Waals surface area contributed by atoms with E-state index in [1.807, 2.05) is 38.4 Å². The molecule has 4 nitrogen and oxygen atoms in total. The Balaban J connectivity index is 1.79. The Hall–Kier alpha value is -2.14. The molecule has 0 aliphatic heterocycles. The van der Waals surface area contributed by atoms with Gasteiger partial charge in [-0.15, -0.1) is 11.3 Å². The fourth-order valence-electron chi connectivity index (χ4n) is 2.51. The van der Waals surface area contributed by atoms with Crippen molar-refractivity contribution in [2.45, 2.75) is 26.8 Å². The molecule has 0 amide bonds. The van der Waals surface area contributed by atoms with Gasteiger partial charge in [0.25, 0.3) is 0 Å². The number of benzene rings is 1. The molecule has 0 saturated heterocycles. The number of aryl methyl sites for hydroxylation is 4. The molecule has 0 aliphatic carbocycles. The fourth-order valence-corrected chi connectivity index (χ4v) is 3.45. The lowest BCUT2D eigenvalue weighted by molar-refractivity contribution is 0.414. The molecule has 0 fully saturated rings. The van der Waals surface area contributed by atoms with E-state index < -0.39 is 0 Å². The molecular weight excluding hydrogens is 294 g/mol. The molecule has 3 rings (SSSR count). The first-order chi connectivity index (χ1) is 10.7. The maximum atomic E-state index is 5.28. The van der Waals surface area contributed by atoms with Crippen LogP contribution in [-0.4, -0.2) is 21.6 Å². The molecule has 0 N–H and O–H groups in total. The normalized spacial score (nSPS) is 10.9. The van der Waals surface area contributed by atoms with Crippen molar-refractivity contribution in [1.29, 1.82) is 0 Å². The number of imidazole rings is 1. The summed E-state index contributed by atoms with van der Waals surface area (Å²) in [6.45, 7) is 4.96. The topological polar surface area (TPSA) is 39.9 Å². The van der Waals surface area contributed by atoms with Crippen molar-refractivity contribution in [3.8, 4) is 16.5 Å². The van der Waals surface area contributed by atoms with E-state index in [4.69, 9.17) is 4.74 Å². The molecule has 0 atom stereocenters. The van der Waals surface area contributed by atoms with Gasteiger partial charge in [-0.3, -0.25) is 0 Å². The van der Waals surface area contributed by atoms with Crippen molar-refractivity contribution in [2.75, 3.05) is 7.11 Å². The van der Waals surface area contributed by atoms with E-state index in [9.17, 15) is 0 Å². The molecule has 22 heavy (non-hydrogen) atoms. The van der Waals surface area contributed by atoms with E-state index >= 15 is 0 Å². The summed E-state index contributed by atoms with van der Waals surface area (Å²) in [4.78, 5) is 10.2. The Kier molecular flexibility index (Phi) is 4.24. The zero-order valence-electron chi connectivity index (χ0n) is 13.0. The van der Waals surface area contributed by atoms with Crippen LogP contribution in [-0.2, 0) is 13.0 Å². The molecule has 0 aliphatic rings. The lowest BCUT2D eigenvalue weighted by Crippen LogP contribution is -2.02. The molecule has 2 aromatic heterocycles. The first-order valence-corrected chi connectivity index (χ1v) is 8.07. The molecule has 0 radical (unpaired) electrons. The highest BCUT2D eigenvalue weighted by atomic mass is 32.1. The second-order valence-corrected chi connectivity index (χ2v) is 6.40. The second-order valence-electron chi connectivity index (χ2n) is 5.19. The van der Waals surface area contributed by atoms with Gasteiger partial charge in [-0.2, -0.15) is 0 Å². The third-order valence-corrected chi connectivity index (χ3v) is 4.67. The SMILES string of the molecule is COc1cccc(CCn2ccnc2-c2sc(C)nc2C)c1. The first kappa shape index (κ1) is 14.8. The highest BCUT2D eigenvalue weighted by Gasteiger charge is 2.13. The first-order valence-electron chi connectivity index (χ1n) is 7.26. The summed E-state index contributed by atoms with van der Waals surface area (Å²) < 4.78 is 7.47. The Morgan fingerprint density at radius 3 is 2.86 bits per heavy atom. The minimum absolute atomic E-state index is 0.888. The summed E-state index contributed by atoms with van der Waals surface area (Å²) in [5, 5.41) is 1.08. The summed E-state index contributed by atoms with van der Waals surface area (Å²) in [5.74, 6) is 1.91. The van der Waals surface area contributed by atoms with Gasteiger partial charge in [0.1, 0.15) is 5.75 Å². The van der Waals surface area contributed by atoms with Crippen LogP contribution in [0, 0.1) is 13.8 Å². The van der Waals surface area contributed by atoms with Gasteiger partial charge >= 0.3 is 0 Å². The molecular formula is C17H19N3OS. The van der Waals surface area contributed by atoms with Gasteiger partial charge in [0.2, 0.25) is 0 Å². The Bertz CT molecular complexity index is 776. The minimum atomic E-state index is 0.888. The Morgan fingerprint density at radius 1 is 1.27 bits per heavy atom. The number of hydrogen-bond donors (Lipinski definition) is 0. The smallest absolute Gasteiger partial charge is 0.151 e. The molecule has 3 aromatic rings. The molecule has 0 unspecified atom stereocenters. The van der Waals surface area contributed by atoms with Gasteiger partial charge in [-0.05, 0) is 38.0 Å². The molecule has 5 heteroatoms. The van der Waals surface area contributed by atoms with Gasteiger partial charge in [0.05, 0.1) is 22.7 Å². The molecule has 2 heterocycles. The third-order valence-electron chi connectivity index (χ3n) is 3.60. The average Bonchev–Trinajstić information content (AvgIpc) is 3.11. The van der Waals surface area contributed by atoms with Crippen LogP contribution in [0.25, 0.3) is 10.7 Å². The van der Waals surface area contributed by atoms with Crippen molar-refractivity contribution in [1.82, 2.24) is 14.5 Å². The zero-order chi connectivity index (χ0) is 15.5. The highest BCUT2D eigenvalue weighted by molar-refractivity contribution is 7.15.